The fourth-order valence-corrected chi connectivity index (χ4v) is 2.41. The highest BCUT2D eigenvalue weighted by Gasteiger charge is 2.09. The Hall–Kier alpha value is -1.62. The van der Waals surface area contributed by atoms with Crippen molar-refractivity contribution in [1.82, 2.24) is 24.0 Å². The highest BCUT2D eigenvalue weighted by atomic mass is 15.2. The first kappa shape index (κ1) is 14.8. The lowest BCUT2D eigenvalue weighted by Gasteiger charge is -2.17. The molecule has 0 aliphatic carbocycles. The van der Waals surface area contributed by atoms with E-state index in [0.29, 0.717) is 0 Å². The van der Waals surface area contributed by atoms with Gasteiger partial charge >= 0.3 is 0 Å². The van der Waals surface area contributed by atoms with Crippen LogP contribution in [0.3, 0.4) is 0 Å². The van der Waals surface area contributed by atoms with Crippen molar-refractivity contribution in [2.75, 3.05) is 7.05 Å². The molecular weight excluding hydrogens is 250 g/mol. The number of rotatable bonds is 8. The Morgan fingerprint density at radius 2 is 1.35 bits per heavy atom. The first-order valence-electron chi connectivity index (χ1n) is 7.43. The highest BCUT2D eigenvalue weighted by Crippen LogP contribution is 2.07. The van der Waals surface area contributed by atoms with E-state index in [4.69, 9.17) is 0 Å². The third kappa shape index (κ3) is 3.70. The summed E-state index contributed by atoms with van der Waals surface area (Å²) in [6.07, 6.45) is 10.2. The molecule has 110 valence electrons. The van der Waals surface area contributed by atoms with Gasteiger partial charge in [-0.1, -0.05) is 13.8 Å². The molecule has 2 heterocycles. The number of hydrogen-bond acceptors (Lipinski definition) is 3. The van der Waals surface area contributed by atoms with Gasteiger partial charge in [-0.05, 0) is 19.9 Å². The largest absolute Gasteiger partial charge is 0.334 e. The molecule has 0 aliphatic heterocycles. The summed E-state index contributed by atoms with van der Waals surface area (Å²) in [5.74, 6) is 2.26. The van der Waals surface area contributed by atoms with E-state index in [1.54, 1.807) is 0 Å². The zero-order valence-electron chi connectivity index (χ0n) is 12.8. The summed E-state index contributed by atoms with van der Waals surface area (Å²) in [4.78, 5) is 11.2. The standard InChI is InChI=1S/C15H25N5/c1-4-8-19-10-6-16-14(19)12-18(3)13-15-17-7-11-20(15)9-5-2/h6-7,10-11H,4-5,8-9,12-13H2,1-3H3. The van der Waals surface area contributed by atoms with Gasteiger partial charge in [0.2, 0.25) is 0 Å². The third-order valence-corrected chi connectivity index (χ3v) is 3.36. The lowest BCUT2D eigenvalue weighted by molar-refractivity contribution is 0.292. The van der Waals surface area contributed by atoms with Gasteiger partial charge in [0.15, 0.2) is 0 Å². The van der Waals surface area contributed by atoms with Crippen molar-refractivity contribution < 1.29 is 0 Å². The predicted molar refractivity (Wildman–Crippen MR) is 80.2 cm³/mol. The second-order valence-corrected chi connectivity index (χ2v) is 5.25. The van der Waals surface area contributed by atoms with Crippen LogP contribution in [0.25, 0.3) is 0 Å². The van der Waals surface area contributed by atoms with Crippen LogP contribution in [-0.2, 0) is 26.2 Å². The summed E-state index contributed by atoms with van der Waals surface area (Å²) in [6.45, 7) is 8.16. The van der Waals surface area contributed by atoms with Gasteiger partial charge in [-0.15, -0.1) is 0 Å². The molecule has 20 heavy (non-hydrogen) atoms. The molecule has 0 radical (unpaired) electrons. The van der Waals surface area contributed by atoms with E-state index in [2.05, 4.69) is 57.3 Å². The second-order valence-electron chi connectivity index (χ2n) is 5.25. The predicted octanol–water partition coefficient (Wildman–Crippen LogP) is 2.53. The smallest absolute Gasteiger partial charge is 0.122 e. The van der Waals surface area contributed by atoms with Gasteiger partial charge in [0.1, 0.15) is 11.6 Å². The minimum atomic E-state index is 0.853. The van der Waals surface area contributed by atoms with E-state index < -0.39 is 0 Å². The van der Waals surface area contributed by atoms with Crippen LogP contribution in [0.4, 0.5) is 0 Å². The van der Waals surface area contributed by atoms with Crippen LogP contribution in [-0.4, -0.2) is 31.0 Å². The summed E-state index contributed by atoms with van der Waals surface area (Å²) in [6, 6.07) is 0. The molecule has 5 nitrogen and oxygen atoms in total. The van der Waals surface area contributed by atoms with Gasteiger partial charge in [0, 0.05) is 37.9 Å². The fraction of sp³-hybridized carbons (Fsp3) is 0.600. The molecular formula is C15H25N5. The van der Waals surface area contributed by atoms with E-state index in [-0.39, 0.29) is 0 Å². The average Bonchev–Trinajstić information content (AvgIpc) is 3.02. The lowest BCUT2D eigenvalue weighted by Crippen LogP contribution is -2.22. The van der Waals surface area contributed by atoms with Gasteiger partial charge < -0.3 is 9.13 Å². The number of nitrogens with zero attached hydrogens (tertiary/aromatic N) is 5. The number of aryl methyl sites for hydroxylation is 2. The van der Waals surface area contributed by atoms with Gasteiger partial charge in [-0.3, -0.25) is 4.90 Å². The van der Waals surface area contributed by atoms with Crippen LogP contribution in [0, 0.1) is 0 Å². The van der Waals surface area contributed by atoms with Gasteiger partial charge in [0.25, 0.3) is 0 Å². The maximum absolute atomic E-state index is 4.46. The molecule has 0 aromatic carbocycles. The van der Waals surface area contributed by atoms with Crippen molar-refractivity contribution in [1.29, 1.82) is 0 Å². The number of imidazole rings is 2. The number of hydrogen-bond donors (Lipinski definition) is 0. The molecule has 2 aromatic heterocycles. The third-order valence-electron chi connectivity index (χ3n) is 3.36. The van der Waals surface area contributed by atoms with E-state index in [9.17, 15) is 0 Å². The van der Waals surface area contributed by atoms with Crippen molar-refractivity contribution in [2.24, 2.45) is 0 Å². The SMILES string of the molecule is CCCn1ccnc1CN(C)Cc1nccn1CCC. The summed E-state index contributed by atoms with van der Waals surface area (Å²) in [7, 11) is 2.12. The molecule has 0 amide bonds. The van der Waals surface area contributed by atoms with Gasteiger partial charge in [0.05, 0.1) is 13.1 Å². The zero-order valence-corrected chi connectivity index (χ0v) is 12.8. The Kier molecular flexibility index (Phi) is 5.35. The van der Waals surface area contributed by atoms with Crippen molar-refractivity contribution >= 4 is 0 Å². The molecule has 2 rings (SSSR count). The van der Waals surface area contributed by atoms with Crippen LogP contribution >= 0.6 is 0 Å². The van der Waals surface area contributed by atoms with Crippen LogP contribution in [0.2, 0.25) is 0 Å². The van der Waals surface area contributed by atoms with Crippen LogP contribution in [0.1, 0.15) is 38.3 Å². The van der Waals surface area contributed by atoms with Crippen molar-refractivity contribution in [3.63, 3.8) is 0 Å². The normalized spacial score (nSPS) is 11.4. The Morgan fingerprint density at radius 1 is 0.900 bits per heavy atom. The fourth-order valence-electron chi connectivity index (χ4n) is 2.41. The van der Waals surface area contributed by atoms with Crippen LogP contribution < -0.4 is 0 Å². The molecule has 0 spiro atoms. The molecule has 0 fully saturated rings. The minimum Gasteiger partial charge on any atom is -0.334 e. The summed E-state index contributed by atoms with van der Waals surface area (Å²) in [5.41, 5.74) is 0. The van der Waals surface area contributed by atoms with E-state index >= 15 is 0 Å². The van der Waals surface area contributed by atoms with E-state index in [1.165, 1.54) is 0 Å². The summed E-state index contributed by atoms with van der Waals surface area (Å²) >= 11 is 0. The maximum atomic E-state index is 4.46. The topological polar surface area (TPSA) is 38.9 Å². The quantitative estimate of drug-likeness (QED) is 0.743. The highest BCUT2D eigenvalue weighted by molar-refractivity contribution is 4.95. The lowest BCUT2D eigenvalue weighted by atomic mass is 10.4. The summed E-state index contributed by atoms with van der Waals surface area (Å²) in [5, 5.41) is 0. The molecule has 0 aliphatic rings. The van der Waals surface area contributed by atoms with Gasteiger partial charge in [-0.2, -0.15) is 0 Å². The number of aromatic nitrogens is 4. The molecule has 0 saturated heterocycles. The molecule has 0 unspecified atom stereocenters. The minimum absolute atomic E-state index is 0.853. The molecule has 0 atom stereocenters. The molecule has 0 saturated carbocycles. The van der Waals surface area contributed by atoms with Crippen LogP contribution in [0.15, 0.2) is 24.8 Å². The molecule has 0 N–H and O–H groups in total. The van der Waals surface area contributed by atoms with Crippen LogP contribution in [0.5, 0.6) is 0 Å². The van der Waals surface area contributed by atoms with Crippen molar-refractivity contribution in [3.05, 3.63) is 36.4 Å². The first-order chi connectivity index (χ1) is 9.74. The molecule has 5 heteroatoms. The van der Waals surface area contributed by atoms with Gasteiger partial charge in [-0.25, -0.2) is 9.97 Å². The Morgan fingerprint density at radius 3 is 1.75 bits per heavy atom. The maximum Gasteiger partial charge on any atom is 0.122 e. The zero-order chi connectivity index (χ0) is 14.4. The molecule has 0 bridgehead atoms. The van der Waals surface area contributed by atoms with Crippen molar-refractivity contribution in [2.45, 2.75) is 52.9 Å². The monoisotopic (exact) mass is 275 g/mol. The molecule has 2 aromatic rings. The summed E-state index contributed by atoms with van der Waals surface area (Å²) < 4.78 is 4.46. The first-order valence-corrected chi connectivity index (χ1v) is 7.43. The van der Waals surface area contributed by atoms with E-state index in [0.717, 1.165) is 50.7 Å². The average molecular weight is 275 g/mol. The Balaban J connectivity index is 1.96. The van der Waals surface area contributed by atoms with E-state index in [1.807, 2.05) is 12.4 Å². The second kappa shape index (κ2) is 7.24. The van der Waals surface area contributed by atoms with Crippen molar-refractivity contribution in [3.8, 4) is 0 Å². The Bertz CT molecular complexity index is 468. The Labute approximate surface area is 121 Å².